The fourth-order valence-electron chi connectivity index (χ4n) is 1.57. The van der Waals surface area contributed by atoms with Gasteiger partial charge in [0.2, 0.25) is 0 Å². The molecule has 0 radical (unpaired) electrons. The zero-order valence-electron chi connectivity index (χ0n) is 9.36. The highest BCUT2D eigenvalue weighted by Gasteiger charge is 1.99. The Labute approximate surface area is 115 Å². The summed E-state index contributed by atoms with van der Waals surface area (Å²) in [5.41, 5.74) is 8.93. The number of benzene rings is 1. The summed E-state index contributed by atoms with van der Waals surface area (Å²) in [7, 11) is 0. The van der Waals surface area contributed by atoms with Crippen LogP contribution in [0.2, 0.25) is 0 Å². The van der Waals surface area contributed by atoms with E-state index in [9.17, 15) is 0 Å². The normalized spacial score (nSPS) is 10.2. The lowest BCUT2D eigenvalue weighted by Crippen LogP contribution is -2.06. The Balaban J connectivity index is 1.90. The van der Waals surface area contributed by atoms with Crippen LogP contribution in [-0.2, 0) is 6.42 Å². The van der Waals surface area contributed by atoms with Gasteiger partial charge in [-0.3, -0.25) is 4.98 Å². The standard InChI is InChI=1S/C13H14IN3/c14-12-9-11(15)1-2-13(12)17-8-5-10-3-6-16-7-4-10/h1-4,6-7,9,17H,5,8,15H2. The highest BCUT2D eigenvalue weighted by Crippen LogP contribution is 2.20. The summed E-state index contributed by atoms with van der Waals surface area (Å²) in [4.78, 5) is 4.00. The van der Waals surface area contributed by atoms with E-state index in [0.29, 0.717) is 0 Å². The van der Waals surface area contributed by atoms with Crippen molar-refractivity contribution < 1.29 is 0 Å². The number of nitrogens with two attached hydrogens (primary N) is 1. The lowest BCUT2D eigenvalue weighted by molar-refractivity contribution is 1.01. The van der Waals surface area contributed by atoms with Gasteiger partial charge < -0.3 is 11.1 Å². The number of anilines is 2. The Morgan fingerprint density at radius 2 is 1.94 bits per heavy atom. The molecular formula is C13H14IN3. The number of rotatable bonds is 4. The van der Waals surface area contributed by atoms with Crippen molar-refractivity contribution in [2.75, 3.05) is 17.6 Å². The summed E-state index contributed by atoms with van der Waals surface area (Å²) in [6.45, 7) is 0.907. The van der Waals surface area contributed by atoms with E-state index in [0.717, 1.165) is 27.9 Å². The van der Waals surface area contributed by atoms with Gasteiger partial charge in [-0.1, -0.05) is 0 Å². The molecule has 2 rings (SSSR count). The van der Waals surface area contributed by atoms with Crippen molar-refractivity contribution in [3.8, 4) is 0 Å². The second-order valence-electron chi connectivity index (χ2n) is 3.77. The number of pyridine rings is 1. The minimum atomic E-state index is 0.800. The first kappa shape index (κ1) is 12.2. The molecule has 0 fully saturated rings. The van der Waals surface area contributed by atoms with Crippen molar-refractivity contribution in [1.29, 1.82) is 0 Å². The molecule has 0 atom stereocenters. The Bertz CT molecular complexity index is 485. The van der Waals surface area contributed by atoms with Crippen molar-refractivity contribution in [2.24, 2.45) is 0 Å². The fraction of sp³-hybridized carbons (Fsp3) is 0.154. The Kier molecular flexibility index (Phi) is 4.19. The predicted octanol–water partition coefficient (Wildman–Crippen LogP) is 2.92. The Hall–Kier alpha value is -1.30. The lowest BCUT2D eigenvalue weighted by Gasteiger charge is -2.09. The molecule has 1 aromatic heterocycles. The minimum absolute atomic E-state index is 0.800. The highest BCUT2D eigenvalue weighted by atomic mass is 127. The van der Waals surface area contributed by atoms with Crippen molar-refractivity contribution in [3.63, 3.8) is 0 Å². The van der Waals surface area contributed by atoms with Gasteiger partial charge in [0.05, 0.1) is 0 Å². The lowest BCUT2D eigenvalue weighted by atomic mass is 10.2. The van der Waals surface area contributed by atoms with Crippen LogP contribution in [0.4, 0.5) is 11.4 Å². The third-order valence-electron chi connectivity index (χ3n) is 2.47. The predicted molar refractivity (Wildman–Crippen MR) is 80.0 cm³/mol. The maximum Gasteiger partial charge on any atom is 0.0477 e. The van der Waals surface area contributed by atoms with E-state index < -0.39 is 0 Å². The van der Waals surface area contributed by atoms with Crippen LogP contribution in [0.1, 0.15) is 5.56 Å². The SMILES string of the molecule is Nc1ccc(NCCc2ccncc2)c(I)c1. The second kappa shape index (κ2) is 5.86. The quantitative estimate of drug-likeness (QED) is 0.665. The molecular weight excluding hydrogens is 325 g/mol. The molecule has 0 spiro atoms. The van der Waals surface area contributed by atoms with Crippen molar-refractivity contribution in [1.82, 2.24) is 4.98 Å². The van der Waals surface area contributed by atoms with Crippen LogP contribution < -0.4 is 11.1 Å². The molecule has 1 aromatic carbocycles. The maximum atomic E-state index is 5.71. The van der Waals surface area contributed by atoms with Gasteiger partial charge in [0.15, 0.2) is 0 Å². The highest BCUT2D eigenvalue weighted by molar-refractivity contribution is 14.1. The van der Waals surface area contributed by atoms with Crippen LogP contribution >= 0.6 is 22.6 Å². The number of hydrogen-bond acceptors (Lipinski definition) is 3. The van der Waals surface area contributed by atoms with E-state index in [1.807, 2.05) is 42.7 Å². The fourth-order valence-corrected chi connectivity index (χ4v) is 2.30. The number of aromatic nitrogens is 1. The van der Waals surface area contributed by atoms with E-state index in [1.54, 1.807) is 0 Å². The van der Waals surface area contributed by atoms with Gasteiger partial charge in [-0.15, -0.1) is 0 Å². The largest absolute Gasteiger partial charge is 0.399 e. The van der Waals surface area contributed by atoms with E-state index in [2.05, 4.69) is 32.9 Å². The monoisotopic (exact) mass is 339 g/mol. The minimum Gasteiger partial charge on any atom is -0.399 e. The molecule has 17 heavy (non-hydrogen) atoms. The average Bonchev–Trinajstić information content (AvgIpc) is 2.33. The summed E-state index contributed by atoms with van der Waals surface area (Å²) in [5, 5.41) is 3.41. The summed E-state index contributed by atoms with van der Waals surface area (Å²) >= 11 is 2.29. The Morgan fingerprint density at radius 1 is 1.18 bits per heavy atom. The topological polar surface area (TPSA) is 50.9 Å². The van der Waals surface area contributed by atoms with Crippen LogP contribution in [0, 0.1) is 3.57 Å². The van der Waals surface area contributed by atoms with Crippen LogP contribution in [0.5, 0.6) is 0 Å². The zero-order valence-corrected chi connectivity index (χ0v) is 11.5. The first-order chi connectivity index (χ1) is 8.25. The van der Waals surface area contributed by atoms with Gasteiger partial charge in [-0.05, 0) is 64.9 Å². The molecule has 3 nitrogen and oxygen atoms in total. The Morgan fingerprint density at radius 3 is 2.65 bits per heavy atom. The first-order valence-corrected chi connectivity index (χ1v) is 6.51. The summed E-state index contributed by atoms with van der Waals surface area (Å²) < 4.78 is 1.15. The van der Waals surface area contributed by atoms with E-state index in [1.165, 1.54) is 5.56 Å². The number of halogens is 1. The molecule has 0 saturated heterocycles. The zero-order chi connectivity index (χ0) is 12.1. The summed E-state index contributed by atoms with van der Waals surface area (Å²) in [6, 6.07) is 9.97. The molecule has 4 heteroatoms. The van der Waals surface area contributed by atoms with Crippen molar-refractivity contribution in [2.45, 2.75) is 6.42 Å². The average molecular weight is 339 g/mol. The maximum absolute atomic E-state index is 5.71. The van der Waals surface area contributed by atoms with Crippen LogP contribution in [0.3, 0.4) is 0 Å². The third-order valence-corrected chi connectivity index (χ3v) is 3.36. The van der Waals surface area contributed by atoms with Gasteiger partial charge in [0.25, 0.3) is 0 Å². The summed E-state index contributed by atoms with van der Waals surface area (Å²) in [6.07, 6.45) is 4.63. The van der Waals surface area contributed by atoms with E-state index >= 15 is 0 Å². The second-order valence-corrected chi connectivity index (χ2v) is 4.93. The van der Waals surface area contributed by atoms with Crippen LogP contribution in [-0.4, -0.2) is 11.5 Å². The molecule has 0 aliphatic heterocycles. The molecule has 2 aromatic rings. The van der Waals surface area contributed by atoms with Gasteiger partial charge in [-0.25, -0.2) is 0 Å². The van der Waals surface area contributed by atoms with Gasteiger partial charge >= 0.3 is 0 Å². The molecule has 0 aliphatic carbocycles. The van der Waals surface area contributed by atoms with Gasteiger partial charge in [-0.2, -0.15) is 0 Å². The third kappa shape index (κ3) is 3.59. The van der Waals surface area contributed by atoms with Gasteiger partial charge in [0, 0.05) is 33.9 Å². The van der Waals surface area contributed by atoms with Crippen LogP contribution in [0.25, 0.3) is 0 Å². The number of nitrogen functional groups attached to an aromatic ring is 1. The molecule has 0 saturated carbocycles. The van der Waals surface area contributed by atoms with Crippen molar-refractivity contribution >= 4 is 34.0 Å². The molecule has 88 valence electrons. The first-order valence-electron chi connectivity index (χ1n) is 5.43. The smallest absolute Gasteiger partial charge is 0.0477 e. The molecule has 0 bridgehead atoms. The van der Waals surface area contributed by atoms with E-state index in [4.69, 9.17) is 5.73 Å². The molecule has 0 amide bonds. The molecule has 3 N–H and O–H groups in total. The molecule has 0 unspecified atom stereocenters. The number of hydrogen-bond donors (Lipinski definition) is 2. The van der Waals surface area contributed by atoms with E-state index in [-0.39, 0.29) is 0 Å². The number of nitrogens with one attached hydrogen (secondary N) is 1. The molecule has 0 aliphatic rings. The number of nitrogens with zero attached hydrogens (tertiary/aromatic N) is 1. The van der Waals surface area contributed by atoms with Crippen molar-refractivity contribution in [3.05, 3.63) is 51.9 Å². The van der Waals surface area contributed by atoms with Gasteiger partial charge in [0.1, 0.15) is 0 Å². The van der Waals surface area contributed by atoms with Crippen LogP contribution in [0.15, 0.2) is 42.7 Å². The molecule has 1 heterocycles. The summed E-state index contributed by atoms with van der Waals surface area (Å²) in [5.74, 6) is 0.